The Bertz CT molecular complexity index is 421. The first-order valence-electron chi connectivity index (χ1n) is 5.39. The number of rotatable bonds is 6. The zero-order valence-electron chi connectivity index (χ0n) is 9.84. The maximum Gasteiger partial charge on any atom is 0.334 e. The van der Waals surface area contributed by atoms with E-state index in [2.05, 4.69) is 15.6 Å². The van der Waals surface area contributed by atoms with E-state index in [4.69, 9.17) is 10.2 Å². The molecule has 1 aromatic rings. The fourth-order valence-corrected chi connectivity index (χ4v) is 1.89. The first-order valence-corrected chi connectivity index (χ1v) is 6.20. The Labute approximate surface area is 108 Å². The normalized spacial score (nSPS) is 11.9. The van der Waals surface area contributed by atoms with Crippen molar-refractivity contribution in [2.45, 2.75) is 26.0 Å². The highest BCUT2D eigenvalue weighted by Crippen LogP contribution is 2.12. The number of carbonyl (C=O) groups excluding carboxylic acids is 1. The number of aryl methyl sites for hydroxylation is 1. The number of carboxylic acid groups (broad SMARTS) is 1. The molecule has 7 nitrogen and oxygen atoms in total. The van der Waals surface area contributed by atoms with Gasteiger partial charge in [-0.3, -0.25) is 0 Å². The minimum absolute atomic E-state index is 0.277. The number of aromatic nitrogens is 1. The minimum Gasteiger partial charge on any atom is -0.479 e. The summed E-state index contributed by atoms with van der Waals surface area (Å²) in [5.41, 5.74) is 0. The zero-order valence-corrected chi connectivity index (χ0v) is 10.7. The number of amides is 2. The molecule has 0 saturated heterocycles. The molecule has 1 atom stereocenters. The highest BCUT2D eigenvalue weighted by molar-refractivity contribution is 7.11. The van der Waals surface area contributed by atoms with Crippen molar-refractivity contribution in [1.29, 1.82) is 0 Å². The monoisotopic (exact) mass is 273 g/mol. The number of carboxylic acids is 1. The summed E-state index contributed by atoms with van der Waals surface area (Å²) in [6.45, 7) is 1.96. The lowest BCUT2D eigenvalue weighted by atomic mass is 10.4. The summed E-state index contributed by atoms with van der Waals surface area (Å²) >= 11 is 1.51. The Morgan fingerprint density at radius 2 is 2.22 bits per heavy atom. The number of nitrogens with one attached hydrogen (secondary N) is 2. The van der Waals surface area contributed by atoms with Crippen LogP contribution < -0.4 is 10.6 Å². The molecule has 0 aliphatic rings. The van der Waals surface area contributed by atoms with Crippen LogP contribution in [0.3, 0.4) is 0 Å². The summed E-state index contributed by atoms with van der Waals surface area (Å²) in [7, 11) is 0. The molecule has 8 heteroatoms. The van der Waals surface area contributed by atoms with E-state index in [0.29, 0.717) is 0 Å². The molecule has 100 valence electrons. The van der Waals surface area contributed by atoms with Gasteiger partial charge in [-0.05, 0) is 6.42 Å². The Morgan fingerprint density at radius 3 is 2.78 bits per heavy atom. The molecule has 18 heavy (non-hydrogen) atoms. The Kier molecular flexibility index (Phi) is 5.53. The van der Waals surface area contributed by atoms with Crippen LogP contribution in [0.1, 0.15) is 16.8 Å². The second-order valence-corrected chi connectivity index (χ2v) is 4.69. The number of aliphatic carboxylic acids is 1. The predicted molar refractivity (Wildman–Crippen MR) is 65.4 cm³/mol. The molecule has 1 rings (SSSR count). The number of carbonyl (C=O) groups is 2. The molecule has 0 aliphatic carbocycles. The van der Waals surface area contributed by atoms with Crippen LogP contribution in [0.5, 0.6) is 0 Å². The third-order valence-corrected chi connectivity index (χ3v) is 3.23. The van der Waals surface area contributed by atoms with Crippen LogP contribution in [0.25, 0.3) is 0 Å². The van der Waals surface area contributed by atoms with Crippen molar-refractivity contribution in [3.8, 4) is 0 Å². The van der Waals surface area contributed by atoms with Crippen molar-refractivity contribution in [3.63, 3.8) is 0 Å². The lowest BCUT2D eigenvalue weighted by molar-refractivity contribution is -0.146. The van der Waals surface area contributed by atoms with Crippen LogP contribution in [-0.4, -0.2) is 39.8 Å². The maximum atomic E-state index is 11.3. The lowest BCUT2D eigenvalue weighted by Crippen LogP contribution is -2.41. The Morgan fingerprint density at radius 1 is 1.50 bits per heavy atom. The molecular weight excluding hydrogens is 258 g/mol. The van der Waals surface area contributed by atoms with Gasteiger partial charge in [-0.15, -0.1) is 11.3 Å². The SMILES string of the molecule is CCc1cnc(CNC(=O)NCC(O)C(=O)O)s1. The molecule has 0 bridgehead atoms. The number of thiazole rings is 1. The summed E-state index contributed by atoms with van der Waals surface area (Å²) in [5.74, 6) is -1.37. The van der Waals surface area contributed by atoms with Gasteiger partial charge in [0.2, 0.25) is 0 Å². The van der Waals surface area contributed by atoms with E-state index in [0.717, 1.165) is 16.3 Å². The number of aliphatic hydroxyl groups is 1. The van der Waals surface area contributed by atoms with Crippen molar-refractivity contribution >= 4 is 23.3 Å². The number of nitrogens with zero attached hydrogens (tertiary/aromatic N) is 1. The fourth-order valence-electron chi connectivity index (χ4n) is 1.09. The van der Waals surface area contributed by atoms with Gasteiger partial charge < -0.3 is 20.8 Å². The first kappa shape index (κ1) is 14.4. The summed E-state index contributed by atoms with van der Waals surface area (Å²) in [5, 5.41) is 22.9. The molecule has 1 aromatic heterocycles. The Hall–Kier alpha value is -1.67. The van der Waals surface area contributed by atoms with Gasteiger partial charge in [0.1, 0.15) is 5.01 Å². The molecule has 0 aliphatic heterocycles. The molecular formula is C10H15N3O4S. The van der Waals surface area contributed by atoms with Crippen molar-refractivity contribution < 1.29 is 19.8 Å². The van der Waals surface area contributed by atoms with E-state index in [1.807, 2.05) is 6.92 Å². The van der Waals surface area contributed by atoms with Gasteiger partial charge in [0.25, 0.3) is 0 Å². The lowest BCUT2D eigenvalue weighted by Gasteiger charge is -2.08. The van der Waals surface area contributed by atoms with Gasteiger partial charge in [-0.2, -0.15) is 0 Å². The molecule has 2 amide bonds. The molecule has 0 aromatic carbocycles. The van der Waals surface area contributed by atoms with Crippen molar-refractivity contribution in [1.82, 2.24) is 15.6 Å². The van der Waals surface area contributed by atoms with E-state index in [9.17, 15) is 9.59 Å². The first-order chi connectivity index (χ1) is 8.52. The van der Waals surface area contributed by atoms with Gasteiger partial charge in [-0.25, -0.2) is 14.6 Å². The molecule has 1 unspecified atom stereocenters. The largest absolute Gasteiger partial charge is 0.479 e. The Balaban J connectivity index is 2.26. The summed E-state index contributed by atoms with van der Waals surface area (Å²) < 4.78 is 0. The number of hydrogen-bond acceptors (Lipinski definition) is 5. The quantitative estimate of drug-likeness (QED) is 0.580. The number of urea groups is 1. The number of aliphatic hydroxyl groups excluding tert-OH is 1. The van der Waals surface area contributed by atoms with E-state index >= 15 is 0 Å². The third kappa shape index (κ3) is 4.68. The topological polar surface area (TPSA) is 112 Å². The second-order valence-electron chi connectivity index (χ2n) is 3.49. The third-order valence-electron chi connectivity index (χ3n) is 2.09. The molecule has 1 heterocycles. The standard InChI is InChI=1S/C10H15N3O4S/c1-2-6-3-11-8(18-6)5-13-10(17)12-4-7(14)9(15)16/h3,7,14H,2,4-5H2,1H3,(H,15,16)(H2,12,13,17). The van der Waals surface area contributed by atoms with Crippen molar-refractivity contribution in [3.05, 3.63) is 16.1 Å². The second kappa shape index (κ2) is 6.92. The highest BCUT2D eigenvalue weighted by Gasteiger charge is 2.13. The van der Waals surface area contributed by atoms with Crippen molar-refractivity contribution in [2.24, 2.45) is 0 Å². The van der Waals surface area contributed by atoms with Gasteiger partial charge in [0.15, 0.2) is 6.10 Å². The van der Waals surface area contributed by atoms with Crippen LogP contribution >= 0.6 is 11.3 Å². The van der Waals surface area contributed by atoms with Gasteiger partial charge in [-0.1, -0.05) is 6.92 Å². The van der Waals surface area contributed by atoms with E-state index < -0.39 is 18.1 Å². The van der Waals surface area contributed by atoms with Gasteiger partial charge in [0.05, 0.1) is 13.1 Å². The van der Waals surface area contributed by atoms with E-state index in [-0.39, 0.29) is 13.1 Å². The van der Waals surface area contributed by atoms with Crippen LogP contribution in [0.15, 0.2) is 6.20 Å². The average molecular weight is 273 g/mol. The predicted octanol–water partition coefficient (Wildman–Crippen LogP) is -0.0498. The molecule has 0 saturated carbocycles. The van der Waals surface area contributed by atoms with Crippen LogP contribution in [0, 0.1) is 0 Å². The zero-order chi connectivity index (χ0) is 13.5. The van der Waals surface area contributed by atoms with E-state index in [1.54, 1.807) is 6.20 Å². The molecule has 0 radical (unpaired) electrons. The van der Waals surface area contributed by atoms with Crippen LogP contribution in [-0.2, 0) is 17.8 Å². The van der Waals surface area contributed by atoms with Gasteiger partial charge >= 0.3 is 12.0 Å². The maximum absolute atomic E-state index is 11.3. The minimum atomic E-state index is -1.60. The average Bonchev–Trinajstić information content (AvgIpc) is 2.81. The summed E-state index contributed by atoms with van der Waals surface area (Å²) in [6, 6.07) is -0.538. The summed E-state index contributed by atoms with van der Waals surface area (Å²) in [6.07, 6.45) is 1.06. The fraction of sp³-hybridized carbons (Fsp3) is 0.500. The molecule has 4 N–H and O–H groups in total. The van der Waals surface area contributed by atoms with Crippen LogP contribution in [0.4, 0.5) is 4.79 Å². The molecule has 0 spiro atoms. The van der Waals surface area contributed by atoms with Crippen LogP contribution in [0.2, 0.25) is 0 Å². The van der Waals surface area contributed by atoms with Crippen molar-refractivity contribution in [2.75, 3.05) is 6.54 Å². The highest BCUT2D eigenvalue weighted by atomic mass is 32.1. The smallest absolute Gasteiger partial charge is 0.334 e. The van der Waals surface area contributed by atoms with Gasteiger partial charge in [0, 0.05) is 11.1 Å². The van der Waals surface area contributed by atoms with E-state index in [1.165, 1.54) is 11.3 Å². The number of hydrogen-bond donors (Lipinski definition) is 4. The molecule has 0 fully saturated rings. The summed E-state index contributed by atoms with van der Waals surface area (Å²) in [4.78, 5) is 26.8.